The lowest BCUT2D eigenvalue weighted by Gasteiger charge is -2.07. The fourth-order valence-electron chi connectivity index (χ4n) is 2.02. The van der Waals surface area contributed by atoms with E-state index in [1.807, 2.05) is 18.2 Å². The van der Waals surface area contributed by atoms with E-state index in [-0.39, 0.29) is 17.9 Å². The Morgan fingerprint density at radius 3 is 2.94 bits per heavy atom. The number of rotatable bonds is 3. The van der Waals surface area contributed by atoms with Crippen LogP contribution < -0.4 is 5.73 Å². The average molecular weight is 239 g/mol. The Balaban J connectivity index is 0.00000128. The van der Waals surface area contributed by atoms with Crippen LogP contribution in [-0.2, 0) is 0 Å². The highest BCUT2D eigenvalue weighted by Crippen LogP contribution is 2.51. The SMILES string of the molecule is CCC1(N)CC1c1cccc(N=[N+]=[N-])c1.Cl. The van der Waals surface area contributed by atoms with Crippen LogP contribution >= 0.6 is 12.4 Å². The zero-order chi connectivity index (χ0) is 10.9. The van der Waals surface area contributed by atoms with Gasteiger partial charge >= 0.3 is 0 Å². The smallest absolute Gasteiger partial charge is 0.0378 e. The van der Waals surface area contributed by atoms with E-state index in [1.54, 1.807) is 6.07 Å². The van der Waals surface area contributed by atoms with E-state index in [2.05, 4.69) is 16.9 Å². The van der Waals surface area contributed by atoms with Crippen LogP contribution in [0.25, 0.3) is 10.4 Å². The molecule has 0 spiro atoms. The molecule has 1 aromatic carbocycles. The van der Waals surface area contributed by atoms with Gasteiger partial charge in [-0.25, -0.2) is 0 Å². The van der Waals surface area contributed by atoms with Gasteiger partial charge in [0.2, 0.25) is 0 Å². The first kappa shape index (κ1) is 12.8. The van der Waals surface area contributed by atoms with Gasteiger partial charge in [0, 0.05) is 22.1 Å². The van der Waals surface area contributed by atoms with E-state index in [1.165, 1.54) is 5.56 Å². The van der Waals surface area contributed by atoms with Gasteiger partial charge in [0.05, 0.1) is 0 Å². The molecule has 4 nitrogen and oxygen atoms in total. The summed E-state index contributed by atoms with van der Waals surface area (Å²) in [5.41, 5.74) is 16.3. The summed E-state index contributed by atoms with van der Waals surface area (Å²) in [6.07, 6.45) is 2.02. The molecule has 2 N–H and O–H groups in total. The summed E-state index contributed by atoms with van der Waals surface area (Å²) in [5.74, 6) is 0.427. The Morgan fingerprint density at radius 2 is 2.38 bits per heavy atom. The van der Waals surface area contributed by atoms with Crippen molar-refractivity contribution >= 4 is 18.1 Å². The van der Waals surface area contributed by atoms with E-state index < -0.39 is 0 Å². The van der Waals surface area contributed by atoms with Gasteiger partial charge in [0.1, 0.15) is 0 Å². The summed E-state index contributed by atoms with van der Waals surface area (Å²) in [5, 5.41) is 3.59. The molecule has 2 atom stereocenters. The number of nitrogens with zero attached hydrogens (tertiary/aromatic N) is 3. The summed E-state index contributed by atoms with van der Waals surface area (Å²) in [6.45, 7) is 2.11. The zero-order valence-electron chi connectivity index (χ0n) is 9.13. The monoisotopic (exact) mass is 238 g/mol. The van der Waals surface area contributed by atoms with Crippen molar-refractivity contribution in [3.05, 3.63) is 40.3 Å². The Hall–Kier alpha value is -1.22. The van der Waals surface area contributed by atoms with Gasteiger partial charge in [-0.15, -0.1) is 12.4 Å². The molecule has 1 fully saturated rings. The Labute approximate surface area is 101 Å². The number of hydrogen-bond donors (Lipinski definition) is 1. The second-order valence-electron chi connectivity index (χ2n) is 4.13. The summed E-state index contributed by atoms with van der Waals surface area (Å²) >= 11 is 0. The lowest BCUT2D eigenvalue weighted by molar-refractivity contribution is 0.626. The largest absolute Gasteiger partial charge is 0.325 e. The van der Waals surface area contributed by atoms with Gasteiger partial charge in [-0.2, -0.15) is 0 Å². The molecule has 0 bridgehead atoms. The lowest BCUT2D eigenvalue weighted by Crippen LogP contribution is -2.22. The van der Waals surface area contributed by atoms with Crippen LogP contribution in [0.4, 0.5) is 5.69 Å². The van der Waals surface area contributed by atoms with Gasteiger partial charge < -0.3 is 5.73 Å². The molecule has 0 saturated heterocycles. The molecule has 0 aliphatic heterocycles. The molecular formula is C11H15ClN4. The highest BCUT2D eigenvalue weighted by atomic mass is 35.5. The highest BCUT2D eigenvalue weighted by Gasteiger charge is 2.49. The van der Waals surface area contributed by atoms with Gasteiger partial charge in [-0.05, 0) is 30.0 Å². The number of halogens is 1. The first-order valence-corrected chi connectivity index (χ1v) is 5.13. The Morgan fingerprint density at radius 1 is 1.62 bits per heavy atom. The summed E-state index contributed by atoms with van der Waals surface area (Å²) in [6, 6.07) is 7.68. The minimum absolute atomic E-state index is 0. The highest BCUT2D eigenvalue weighted by molar-refractivity contribution is 5.85. The third-order valence-corrected chi connectivity index (χ3v) is 3.21. The number of nitrogens with two attached hydrogens (primary N) is 1. The van der Waals surface area contributed by atoms with Crippen LogP contribution in [0.2, 0.25) is 0 Å². The van der Waals surface area contributed by atoms with Crippen LogP contribution in [0.5, 0.6) is 0 Å². The summed E-state index contributed by atoms with van der Waals surface area (Å²) in [4.78, 5) is 2.78. The number of hydrogen-bond acceptors (Lipinski definition) is 2. The van der Waals surface area contributed by atoms with Crippen molar-refractivity contribution in [3.8, 4) is 0 Å². The predicted molar refractivity (Wildman–Crippen MR) is 67.1 cm³/mol. The molecule has 2 rings (SSSR count). The van der Waals surface area contributed by atoms with E-state index >= 15 is 0 Å². The molecule has 2 unspecified atom stereocenters. The second-order valence-corrected chi connectivity index (χ2v) is 4.13. The second kappa shape index (κ2) is 4.74. The molecule has 0 aromatic heterocycles. The van der Waals surface area contributed by atoms with E-state index in [9.17, 15) is 0 Å². The van der Waals surface area contributed by atoms with Crippen molar-refractivity contribution < 1.29 is 0 Å². The van der Waals surface area contributed by atoms with Crippen LogP contribution in [-0.4, -0.2) is 5.54 Å². The minimum atomic E-state index is -0.0328. The summed E-state index contributed by atoms with van der Waals surface area (Å²) in [7, 11) is 0. The average Bonchev–Trinajstić information content (AvgIpc) is 2.93. The number of azide groups is 1. The van der Waals surface area contributed by atoms with Crippen LogP contribution in [0.15, 0.2) is 29.4 Å². The standard InChI is InChI=1S/C11H14N4.ClH/c1-2-11(12)7-10(11)8-4-3-5-9(6-8)14-15-13;/h3-6,10H,2,7,12H2,1H3;1H. The molecule has 0 heterocycles. The van der Waals surface area contributed by atoms with E-state index in [4.69, 9.17) is 11.3 Å². The maximum absolute atomic E-state index is 8.35. The van der Waals surface area contributed by atoms with Gasteiger partial charge in [0.25, 0.3) is 0 Å². The third-order valence-electron chi connectivity index (χ3n) is 3.21. The lowest BCUT2D eigenvalue weighted by atomic mass is 10.0. The maximum Gasteiger partial charge on any atom is 0.0378 e. The molecule has 1 aliphatic carbocycles. The van der Waals surface area contributed by atoms with Crippen LogP contribution in [0, 0.1) is 0 Å². The van der Waals surface area contributed by atoms with E-state index in [0.29, 0.717) is 11.6 Å². The van der Waals surface area contributed by atoms with Gasteiger partial charge in [-0.3, -0.25) is 0 Å². The summed E-state index contributed by atoms with van der Waals surface area (Å²) < 4.78 is 0. The molecule has 86 valence electrons. The molecule has 0 amide bonds. The molecule has 1 aromatic rings. The molecule has 16 heavy (non-hydrogen) atoms. The molecule has 1 aliphatic rings. The van der Waals surface area contributed by atoms with Gasteiger partial charge in [-0.1, -0.05) is 30.2 Å². The first-order chi connectivity index (χ1) is 7.19. The van der Waals surface area contributed by atoms with Crippen molar-refractivity contribution in [1.82, 2.24) is 0 Å². The predicted octanol–water partition coefficient (Wildman–Crippen LogP) is 3.65. The van der Waals surface area contributed by atoms with Crippen molar-refractivity contribution in [2.45, 2.75) is 31.2 Å². The van der Waals surface area contributed by atoms with E-state index in [0.717, 1.165) is 12.8 Å². The molecule has 0 radical (unpaired) electrons. The fraction of sp³-hybridized carbons (Fsp3) is 0.455. The molecular weight excluding hydrogens is 224 g/mol. The topological polar surface area (TPSA) is 74.8 Å². The van der Waals surface area contributed by atoms with Crippen molar-refractivity contribution in [2.75, 3.05) is 0 Å². The zero-order valence-corrected chi connectivity index (χ0v) is 9.94. The molecule has 5 heteroatoms. The van der Waals surface area contributed by atoms with Gasteiger partial charge in [0.15, 0.2) is 0 Å². The van der Waals surface area contributed by atoms with Crippen molar-refractivity contribution in [1.29, 1.82) is 0 Å². The molecule has 1 saturated carbocycles. The normalized spacial score (nSPS) is 26.5. The quantitative estimate of drug-likeness (QED) is 0.487. The maximum atomic E-state index is 8.35. The first-order valence-electron chi connectivity index (χ1n) is 5.13. The van der Waals surface area contributed by atoms with Crippen LogP contribution in [0.3, 0.4) is 0 Å². The van der Waals surface area contributed by atoms with Crippen molar-refractivity contribution in [3.63, 3.8) is 0 Å². The fourth-order valence-corrected chi connectivity index (χ4v) is 2.02. The third kappa shape index (κ3) is 2.30. The van der Waals surface area contributed by atoms with Crippen molar-refractivity contribution in [2.24, 2.45) is 10.8 Å². The Kier molecular flexibility index (Phi) is 3.81. The Bertz CT molecular complexity index is 428. The van der Waals surface area contributed by atoms with Crippen LogP contribution in [0.1, 0.15) is 31.2 Å². The number of benzene rings is 1. The minimum Gasteiger partial charge on any atom is -0.325 e.